The third-order valence-corrected chi connectivity index (χ3v) is 3.64. The van der Waals surface area contributed by atoms with Crippen molar-refractivity contribution in [1.29, 1.82) is 0 Å². The van der Waals surface area contributed by atoms with Crippen LogP contribution in [-0.2, 0) is 16.1 Å². The predicted molar refractivity (Wildman–Crippen MR) is 81.6 cm³/mol. The summed E-state index contributed by atoms with van der Waals surface area (Å²) in [5.74, 6) is -0.0780. The standard InChI is InChI=1S/C15H22N4O2/c1-10(20)18-13-5-3-11(4-6-13)8-19-9-12(16)7-14(19)15(21)17-2/h3-6,12,14H,7-9,16H2,1-2H3,(H,17,21)(H,18,20)/t12-,14+/m1/s1. The normalized spacial score (nSPS) is 22.0. The molecule has 1 aromatic carbocycles. The van der Waals surface area contributed by atoms with Gasteiger partial charge in [-0.1, -0.05) is 12.1 Å². The van der Waals surface area contributed by atoms with Crippen molar-refractivity contribution in [3.63, 3.8) is 0 Å². The maximum absolute atomic E-state index is 11.9. The highest BCUT2D eigenvalue weighted by atomic mass is 16.2. The Morgan fingerprint density at radius 3 is 2.57 bits per heavy atom. The Bertz CT molecular complexity index is 515. The molecule has 2 amide bonds. The first-order valence-corrected chi connectivity index (χ1v) is 7.07. The lowest BCUT2D eigenvalue weighted by Crippen LogP contribution is -2.41. The second-order valence-electron chi connectivity index (χ2n) is 5.43. The van der Waals surface area contributed by atoms with Crippen LogP contribution < -0.4 is 16.4 Å². The number of benzene rings is 1. The average Bonchev–Trinajstić information content (AvgIpc) is 2.80. The van der Waals surface area contributed by atoms with E-state index in [4.69, 9.17) is 5.73 Å². The molecule has 1 fully saturated rings. The van der Waals surface area contributed by atoms with Gasteiger partial charge in [0.1, 0.15) is 0 Å². The maximum atomic E-state index is 11.9. The quantitative estimate of drug-likeness (QED) is 0.744. The van der Waals surface area contributed by atoms with Gasteiger partial charge in [0, 0.05) is 38.8 Å². The third-order valence-electron chi connectivity index (χ3n) is 3.64. The van der Waals surface area contributed by atoms with E-state index in [1.807, 2.05) is 24.3 Å². The van der Waals surface area contributed by atoms with Crippen LogP contribution in [0.3, 0.4) is 0 Å². The lowest BCUT2D eigenvalue weighted by Gasteiger charge is -2.23. The van der Waals surface area contributed by atoms with Gasteiger partial charge in [-0.15, -0.1) is 0 Å². The van der Waals surface area contributed by atoms with Crippen molar-refractivity contribution >= 4 is 17.5 Å². The molecular formula is C15H22N4O2. The van der Waals surface area contributed by atoms with E-state index in [1.165, 1.54) is 6.92 Å². The molecular weight excluding hydrogens is 268 g/mol. The summed E-state index contributed by atoms with van der Waals surface area (Å²) in [6.07, 6.45) is 0.684. The molecule has 0 unspecified atom stereocenters. The minimum absolute atomic E-state index is 0.0119. The molecule has 21 heavy (non-hydrogen) atoms. The zero-order chi connectivity index (χ0) is 15.4. The first-order chi connectivity index (χ1) is 9.99. The molecule has 2 atom stereocenters. The SMILES string of the molecule is CNC(=O)[C@@H]1C[C@@H](N)CN1Cc1ccc(NC(C)=O)cc1. The molecule has 0 bridgehead atoms. The van der Waals surface area contributed by atoms with E-state index in [1.54, 1.807) is 7.05 Å². The van der Waals surface area contributed by atoms with Crippen molar-refractivity contribution in [1.82, 2.24) is 10.2 Å². The van der Waals surface area contributed by atoms with E-state index in [0.717, 1.165) is 11.3 Å². The Morgan fingerprint density at radius 1 is 1.33 bits per heavy atom. The Kier molecular flexibility index (Phi) is 4.93. The molecule has 0 aliphatic carbocycles. The highest BCUT2D eigenvalue weighted by molar-refractivity contribution is 5.88. The van der Waals surface area contributed by atoms with Crippen LogP contribution in [0.4, 0.5) is 5.69 Å². The monoisotopic (exact) mass is 290 g/mol. The number of likely N-dealkylation sites (tertiary alicyclic amines) is 1. The van der Waals surface area contributed by atoms with Crippen LogP contribution in [0.15, 0.2) is 24.3 Å². The molecule has 6 nitrogen and oxygen atoms in total. The maximum Gasteiger partial charge on any atom is 0.237 e. The summed E-state index contributed by atoms with van der Waals surface area (Å²) in [7, 11) is 1.65. The van der Waals surface area contributed by atoms with E-state index in [2.05, 4.69) is 15.5 Å². The Hall–Kier alpha value is -1.92. The Morgan fingerprint density at radius 2 is 2.00 bits per heavy atom. The molecule has 0 spiro atoms. The second-order valence-corrected chi connectivity index (χ2v) is 5.43. The number of hydrogen-bond donors (Lipinski definition) is 3. The van der Waals surface area contributed by atoms with Gasteiger partial charge < -0.3 is 16.4 Å². The van der Waals surface area contributed by atoms with Crippen LogP contribution in [0.1, 0.15) is 18.9 Å². The van der Waals surface area contributed by atoms with Gasteiger partial charge in [-0.25, -0.2) is 0 Å². The lowest BCUT2D eigenvalue weighted by atomic mass is 10.1. The molecule has 4 N–H and O–H groups in total. The van der Waals surface area contributed by atoms with E-state index in [0.29, 0.717) is 19.5 Å². The molecule has 1 heterocycles. The van der Waals surface area contributed by atoms with Crippen LogP contribution in [-0.4, -0.2) is 42.4 Å². The smallest absolute Gasteiger partial charge is 0.237 e. The van der Waals surface area contributed by atoms with Gasteiger partial charge in [0.2, 0.25) is 11.8 Å². The lowest BCUT2D eigenvalue weighted by molar-refractivity contribution is -0.125. The number of rotatable bonds is 4. The highest BCUT2D eigenvalue weighted by Crippen LogP contribution is 2.20. The summed E-state index contributed by atoms with van der Waals surface area (Å²) in [4.78, 5) is 25.0. The van der Waals surface area contributed by atoms with E-state index in [-0.39, 0.29) is 23.9 Å². The third kappa shape index (κ3) is 4.03. The number of nitrogens with two attached hydrogens (primary N) is 1. The largest absolute Gasteiger partial charge is 0.358 e. The molecule has 2 rings (SSSR count). The first-order valence-electron chi connectivity index (χ1n) is 7.07. The van der Waals surface area contributed by atoms with Gasteiger partial charge in [0.05, 0.1) is 6.04 Å². The molecule has 0 aromatic heterocycles. The molecule has 1 aliphatic heterocycles. The fourth-order valence-electron chi connectivity index (χ4n) is 2.68. The van der Waals surface area contributed by atoms with Crippen molar-refractivity contribution in [2.45, 2.75) is 32.0 Å². The number of likely N-dealkylation sites (N-methyl/N-ethyl adjacent to an activating group) is 1. The molecule has 0 saturated carbocycles. The summed E-state index contributed by atoms with van der Waals surface area (Å²) in [5, 5.41) is 5.42. The van der Waals surface area contributed by atoms with Crippen LogP contribution in [0.2, 0.25) is 0 Å². The molecule has 114 valence electrons. The number of nitrogens with zero attached hydrogens (tertiary/aromatic N) is 1. The molecule has 6 heteroatoms. The topological polar surface area (TPSA) is 87.5 Å². The molecule has 1 saturated heterocycles. The van der Waals surface area contributed by atoms with Crippen molar-refractivity contribution in [3.05, 3.63) is 29.8 Å². The zero-order valence-electron chi connectivity index (χ0n) is 12.4. The molecule has 1 aromatic rings. The summed E-state index contributed by atoms with van der Waals surface area (Å²) in [6.45, 7) is 2.87. The van der Waals surface area contributed by atoms with Crippen molar-refractivity contribution < 1.29 is 9.59 Å². The Labute approximate surface area is 124 Å². The van der Waals surface area contributed by atoms with Gasteiger partial charge in [-0.3, -0.25) is 14.5 Å². The number of amides is 2. The van der Waals surface area contributed by atoms with Crippen molar-refractivity contribution in [2.75, 3.05) is 18.9 Å². The molecule has 1 aliphatic rings. The van der Waals surface area contributed by atoms with Gasteiger partial charge in [-0.2, -0.15) is 0 Å². The van der Waals surface area contributed by atoms with Crippen molar-refractivity contribution in [2.24, 2.45) is 5.73 Å². The predicted octanol–water partition coefficient (Wildman–Crippen LogP) is 0.293. The highest BCUT2D eigenvalue weighted by Gasteiger charge is 2.34. The van der Waals surface area contributed by atoms with Gasteiger partial charge in [-0.05, 0) is 24.1 Å². The van der Waals surface area contributed by atoms with Gasteiger partial charge in [0.25, 0.3) is 0 Å². The zero-order valence-corrected chi connectivity index (χ0v) is 12.4. The van der Waals surface area contributed by atoms with E-state index in [9.17, 15) is 9.59 Å². The van der Waals surface area contributed by atoms with Gasteiger partial charge >= 0.3 is 0 Å². The number of hydrogen-bond acceptors (Lipinski definition) is 4. The number of nitrogens with one attached hydrogen (secondary N) is 2. The second kappa shape index (κ2) is 6.69. The summed E-state index contributed by atoms with van der Waals surface area (Å²) in [5.41, 5.74) is 7.83. The van der Waals surface area contributed by atoms with Crippen molar-refractivity contribution in [3.8, 4) is 0 Å². The van der Waals surface area contributed by atoms with E-state index >= 15 is 0 Å². The summed E-state index contributed by atoms with van der Waals surface area (Å²) >= 11 is 0. The van der Waals surface area contributed by atoms with Crippen LogP contribution in [0.5, 0.6) is 0 Å². The summed E-state index contributed by atoms with van der Waals surface area (Å²) < 4.78 is 0. The van der Waals surface area contributed by atoms with E-state index < -0.39 is 0 Å². The number of carbonyl (C=O) groups is 2. The first kappa shape index (κ1) is 15.5. The minimum atomic E-state index is -0.167. The minimum Gasteiger partial charge on any atom is -0.358 e. The summed E-state index contributed by atoms with van der Waals surface area (Å²) in [6, 6.07) is 7.50. The average molecular weight is 290 g/mol. The number of anilines is 1. The van der Waals surface area contributed by atoms with Crippen LogP contribution >= 0.6 is 0 Å². The fourth-order valence-corrected chi connectivity index (χ4v) is 2.68. The molecule has 0 radical (unpaired) electrons. The number of carbonyl (C=O) groups excluding carboxylic acids is 2. The van der Waals surface area contributed by atoms with Crippen LogP contribution in [0, 0.1) is 0 Å². The van der Waals surface area contributed by atoms with Crippen LogP contribution in [0.25, 0.3) is 0 Å². The Balaban J connectivity index is 2.02. The fraction of sp³-hybridized carbons (Fsp3) is 0.467. The van der Waals surface area contributed by atoms with Gasteiger partial charge in [0.15, 0.2) is 0 Å².